The Morgan fingerprint density at radius 1 is 1.32 bits per heavy atom. The molecule has 2 atom stereocenters. The molecule has 2 heterocycles. The SMILES string of the molecule is CN1CC(C2CCC(F)CC2)C2(CCCNC2)C1=O. The molecule has 2 aliphatic heterocycles. The Kier molecular flexibility index (Phi) is 3.54. The summed E-state index contributed by atoms with van der Waals surface area (Å²) in [6.07, 6.45) is 4.83. The monoisotopic (exact) mass is 268 g/mol. The van der Waals surface area contributed by atoms with Gasteiger partial charge in [0.25, 0.3) is 0 Å². The van der Waals surface area contributed by atoms with E-state index < -0.39 is 6.17 Å². The van der Waals surface area contributed by atoms with Gasteiger partial charge in [-0.05, 0) is 56.9 Å². The first-order valence-electron chi connectivity index (χ1n) is 7.74. The lowest BCUT2D eigenvalue weighted by molar-refractivity contribution is -0.137. The van der Waals surface area contributed by atoms with Gasteiger partial charge in [0.05, 0.1) is 5.41 Å². The number of amides is 1. The van der Waals surface area contributed by atoms with Crippen molar-refractivity contribution in [2.24, 2.45) is 17.3 Å². The van der Waals surface area contributed by atoms with Crippen LogP contribution in [0.2, 0.25) is 0 Å². The van der Waals surface area contributed by atoms with Crippen LogP contribution in [0, 0.1) is 17.3 Å². The van der Waals surface area contributed by atoms with Gasteiger partial charge in [-0.15, -0.1) is 0 Å². The van der Waals surface area contributed by atoms with Crippen molar-refractivity contribution in [3.05, 3.63) is 0 Å². The highest BCUT2D eigenvalue weighted by atomic mass is 19.1. The molecule has 19 heavy (non-hydrogen) atoms. The molecule has 0 bridgehead atoms. The molecule has 3 aliphatic rings. The fourth-order valence-corrected chi connectivity index (χ4v) is 4.60. The third-order valence-electron chi connectivity index (χ3n) is 5.64. The number of piperidine rings is 1. The summed E-state index contributed by atoms with van der Waals surface area (Å²) < 4.78 is 13.3. The second kappa shape index (κ2) is 5.04. The molecule has 1 spiro atoms. The van der Waals surface area contributed by atoms with E-state index in [1.54, 1.807) is 0 Å². The van der Waals surface area contributed by atoms with Crippen molar-refractivity contribution in [3.63, 3.8) is 0 Å². The third-order valence-corrected chi connectivity index (χ3v) is 5.64. The maximum atomic E-state index is 13.3. The van der Waals surface area contributed by atoms with Crippen LogP contribution < -0.4 is 5.32 Å². The van der Waals surface area contributed by atoms with Gasteiger partial charge in [0.2, 0.25) is 5.91 Å². The summed E-state index contributed by atoms with van der Waals surface area (Å²) in [5, 5.41) is 3.42. The molecule has 1 N–H and O–H groups in total. The Labute approximate surface area is 114 Å². The number of rotatable bonds is 1. The van der Waals surface area contributed by atoms with Crippen LogP contribution in [0.3, 0.4) is 0 Å². The molecule has 3 nitrogen and oxygen atoms in total. The zero-order valence-corrected chi connectivity index (χ0v) is 11.8. The number of carbonyl (C=O) groups excluding carboxylic acids is 1. The van der Waals surface area contributed by atoms with Crippen molar-refractivity contribution in [3.8, 4) is 0 Å². The molecule has 0 radical (unpaired) electrons. The minimum Gasteiger partial charge on any atom is -0.345 e. The highest BCUT2D eigenvalue weighted by Crippen LogP contribution is 2.49. The number of hydrogen-bond donors (Lipinski definition) is 1. The number of halogens is 1. The van der Waals surface area contributed by atoms with E-state index in [0.717, 1.165) is 45.3 Å². The standard InChI is InChI=1S/C15H25FN2O/c1-18-9-13(11-3-5-12(16)6-4-11)15(14(18)19)7-2-8-17-10-15/h11-13,17H,2-10H2,1H3. The first-order valence-corrected chi connectivity index (χ1v) is 7.74. The Balaban J connectivity index is 1.80. The molecule has 3 fully saturated rings. The number of nitrogens with zero attached hydrogens (tertiary/aromatic N) is 1. The van der Waals surface area contributed by atoms with Crippen molar-refractivity contribution in [1.82, 2.24) is 10.2 Å². The Bertz CT molecular complexity index is 346. The van der Waals surface area contributed by atoms with Crippen molar-refractivity contribution < 1.29 is 9.18 Å². The summed E-state index contributed by atoms with van der Waals surface area (Å²) in [5.74, 6) is 1.30. The lowest BCUT2D eigenvalue weighted by Crippen LogP contribution is -2.50. The smallest absolute Gasteiger partial charge is 0.230 e. The maximum absolute atomic E-state index is 13.3. The number of likely N-dealkylation sites (tertiary alicyclic amines) is 1. The van der Waals surface area contributed by atoms with Gasteiger partial charge in [-0.3, -0.25) is 4.79 Å². The molecule has 0 aromatic carbocycles. The highest BCUT2D eigenvalue weighted by Gasteiger charge is 2.55. The molecular weight excluding hydrogens is 243 g/mol. The van der Waals surface area contributed by atoms with E-state index in [4.69, 9.17) is 0 Å². The first-order chi connectivity index (χ1) is 9.13. The first kappa shape index (κ1) is 13.3. The van der Waals surface area contributed by atoms with E-state index in [1.807, 2.05) is 11.9 Å². The fraction of sp³-hybridized carbons (Fsp3) is 0.933. The largest absolute Gasteiger partial charge is 0.345 e. The van der Waals surface area contributed by atoms with Crippen molar-refractivity contribution in [1.29, 1.82) is 0 Å². The lowest BCUT2D eigenvalue weighted by Gasteiger charge is -2.41. The highest BCUT2D eigenvalue weighted by molar-refractivity contribution is 5.85. The topological polar surface area (TPSA) is 32.3 Å². The summed E-state index contributed by atoms with van der Waals surface area (Å²) in [4.78, 5) is 14.5. The molecule has 0 aromatic heterocycles. The van der Waals surface area contributed by atoms with E-state index in [2.05, 4.69) is 5.32 Å². The van der Waals surface area contributed by atoms with Crippen molar-refractivity contribution >= 4 is 5.91 Å². The second-order valence-corrected chi connectivity index (χ2v) is 6.74. The van der Waals surface area contributed by atoms with Crippen LogP contribution in [0.15, 0.2) is 0 Å². The molecule has 2 saturated heterocycles. The molecule has 108 valence electrons. The predicted octanol–water partition coefficient (Wildman–Crippen LogP) is 1.97. The molecular formula is C15H25FN2O. The zero-order chi connectivity index (χ0) is 13.5. The van der Waals surface area contributed by atoms with Crippen molar-refractivity contribution in [2.45, 2.75) is 44.7 Å². The number of carbonyl (C=O) groups is 1. The number of hydrogen-bond acceptors (Lipinski definition) is 2. The van der Waals surface area contributed by atoms with Gasteiger partial charge in [0.15, 0.2) is 0 Å². The molecule has 3 rings (SSSR count). The average Bonchev–Trinajstić information content (AvgIpc) is 2.66. The minimum atomic E-state index is -0.605. The Morgan fingerprint density at radius 3 is 2.68 bits per heavy atom. The molecule has 1 aliphatic carbocycles. The fourth-order valence-electron chi connectivity index (χ4n) is 4.60. The van der Waals surface area contributed by atoms with Crippen LogP contribution in [0.1, 0.15) is 38.5 Å². The summed E-state index contributed by atoms with van der Waals surface area (Å²) in [7, 11) is 1.93. The van der Waals surface area contributed by atoms with Gasteiger partial charge in [-0.1, -0.05) is 0 Å². The third kappa shape index (κ3) is 2.18. The van der Waals surface area contributed by atoms with E-state index in [1.165, 1.54) is 0 Å². The quantitative estimate of drug-likeness (QED) is 0.788. The summed E-state index contributed by atoms with van der Waals surface area (Å²) in [5.41, 5.74) is -0.180. The molecule has 0 aromatic rings. The van der Waals surface area contributed by atoms with Crippen LogP contribution in [-0.2, 0) is 4.79 Å². The van der Waals surface area contributed by atoms with Gasteiger partial charge in [-0.2, -0.15) is 0 Å². The van der Waals surface area contributed by atoms with Crippen LogP contribution in [0.5, 0.6) is 0 Å². The normalized spacial score (nSPS) is 44.0. The number of nitrogens with one attached hydrogen (secondary N) is 1. The summed E-state index contributed by atoms with van der Waals surface area (Å²) in [6, 6.07) is 0. The average molecular weight is 268 g/mol. The summed E-state index contributed by atoms with van der Waals surface area (Å²) >= 11 is 0. The van der Waals surface area contributed by atoms with Crippen LogP contribution >= 0.6 is 0 Å². The van der Waals surface area contributed by atoms with Crippen LogP contribution in [0.25, 0.3) is 0 Å². The van der Waals surface area contributed by atoms with Crippen molar-refractivity contribution in [2.75, 3.05) is 26.7 Å². The van der Waals surface area contributed by atoms with Gasteiger partial charge in [0.1, 0.15) is 6.17 Å². The Hall–Kier alpha value is -0.640. The van der Waals surface area contributed by atoms with E-state index >= 15 is 0 Å². The minimum absolute atomic E-state index is 0.180. The molecule has 1 amide bonds. The zero-order valence-electron chi connectivity index (χ0n) is 11.8. The second-order valence-electron chi connectivity index (χ2n) is 6.74. The van der Waals surface area contributed by atoms with E-state index in [-0.39, 0.29) is 5.41 Å². The number of alkyl halides is 1. The van der Waals surface area contributed by atoms with E-state index in [9.17, 15) is 9.18 Å². The van der Waals surface area contributed by atoms with Crippen LogP contribution in [0.4, 0.5) is 4.39 Å². The molecule has 1 saturated carbocycles. The molecule has 2 unspecified atom stereocenters. The Morgan fingerprint density at radius 2 is 2.05 bits per heavy atom. The van der Waals surface area contributed by atoms with Gasteiger partial charge in [0, 0.05) is 20.1 Å². The van der Waals surface area contributed by atoms with E-state index in [0.29, 0.717) is 30.6 Å². The van der Waals surface area contributed by atoms with Gasteiger partial charge >= 0.3 is 0 Å². The molecule has 4 heteroatoms. The van der Waals surface area contributed by atoms with Gasteiger partial charge in [-0.25, -0.2) is 4.39 Å². The predicted molar refractivity (Wildman–Crippen MR) is 72.5 cm³/mol. The van der Waals surface area contributed by atoms with Gasteiger partial charge < -0.3 is 10.2 Å². The van der Waals surface area contributed by atoms with Crippen LogP contribution in [-0.4, -0.2) is 43.7 Å². The lowest BCUT2D eigenvalue weighted by atomic mass is 9.64. The summed E-state index contributed by atoms with van der Waals surface area (Å²) in [6.45, 7) is 2.74. The maximum Gasteiger partial charge on any atom is 0.230 e.